The van der Waals surface area contributed by atoms with E-state index in [1.165, 1.54) is 12.7 Å². The van der Waals surface area contributed by atoms with Crippen LogP contribution in [0.2, 0.25) is 0 Å². The van der Waals surface area contributed by atoms with Crippen LogP contribution in [0.4, 0.5) is 0 Å². The second-order valence-corrected chi connectivity index (χ2v) is 6.70. The minimum atomic E-state index is -3.36. The Balaban J connectivity index is 2.25. The molecule has 1 aromatic rings. The zero-order chi connectivity index (χ0) is 13.4. The smallest absolute Gasteiger partial charge is 0.315 e. The highest BCUT2D eigenvalue weighted by Crippen LogP contribution is 2.41. The largest absolute Gasteiger partial charge is 0.469 e. The standard InChI is InChI=1S/C13H19O4P/c1-17-13(14)11-18(15,16)10-6-5-9-12-7-3-2-4-8-12/h2-4,7-8H,5-6,9-11H2,1H3,(H,15,16). The van der Waals surface area contributed by atoms with Crippen molar-refractivity contribution in [3.63, 3.8) is 0 Å². The van der Waals surface area contributed by atoms with E-state index in [-0.39, 0.29) is 12.3 Å². The van der Waals surface area contributed by atoms with Crippen LogP contribution in [-0.2, 0) is 20.5 Å². The van der Waals surface area contributed by atoms with Gasteiger partial charge >= 0.3 is 5.97 Å². The molecular weight excluding hydrogens is 251 g/mol. The average molecular weight is 270 g/mol. The number of unbranched alkanes of at least 4 members (excludes halogenated alkanes) is 1. The molecule has 0 fully saturated rings. The Labute approximate surface area is 107 Å². The summed E-state index contributed by atoms with van der Waals surface area (Å²) in [5.74, 6) is -0.621. The first-order chi connectivity index (χ1) is 8.53. The van der Waals surface area contributed by atoms with Gasteiger partial charge in [0, 0.05) is 6.16 Å². The van der Waals surface area contributed by atoms with Gasteiger partial charge < -0.3 is 9.63 Å². The number of rotatable bonds is 7. The monoisotopic (exact) mass is 270 g/mol. The summed E-state index contributed by atoms with van der Waals surface area (Å²) in [5.41, 5.74) is 1.22. The van der Waals surface area contributed by atoms with Gasteiger partial charge in [0.2, 0.25) is 7.37 Å². The molecule has 0 radical (unpaired) electrons. The molecule has 0 bridgehead atoms. The minimum absolute atomic E-state index is 0.176. The molecule has 0 aliphatic carbocycles. The Morgan fingerprint density at radius 3 is 2.56 bits per heavy atom. The summed E-state index contributed by atoms with van der Waals surface area (Å²) >= 11 is 0. The zero-order valence-corrected chi connectivity index (χ0v) is 11.4. The molecule has 1 rings (SSSR count). The summed E-state index contributed by atoms with van der Waals surface area (Å²) in [6.07, 6.45) is 2.16. The van der Waals surface area contributed by atoms with E-state index in [9.17, 15) is 14.3 Å². The molecule has 0 aliphatic rings. The number of esters is 1. The van der Waals surface area contributed by atoms with Crippen LogP contribution < -0.4 is 0 Å². The molecule has 0 aliphatic heterocycles. The van der Waals surface area contributed by atoms with Gasteiger partial charge in [0.1, 0.15) is 6.16 Å². The molecule has 0 saturated heterocycles. The van der Waals surface area contributed by atoms with E-state index in [2.05, 4.69) is 4.74 Å². The molecule has 18 heavy (non-hydrogen) atoms. The number of carbonyl (C=O) groups is 1. The quantitative estimate of drug-likeness (QED) is 0.469. The van der Waals surface area contributed by atoms with Gasteiger partial charge in [-0.25, -0.2) is 0 Å². The van der Waals surface area contributed by atoms with E-state index < -0.39 is 13.3 Å². The molecule has 0 aromatic heterocycles. The Morgan fingerprint density at radius 1 is 1.28 bits per heavy atom. The first-order valence-electron chi connectivity index (χ1n) is 5.95. The second kappa shape index (κ2) is 7.34. The number of hydrogen-bond acceptors (Lipinski definition) is 3. The SMILES string of the molecule is COC(=O)CP(=O)(O)CCCCc1ccccc1. The van der Waals surface area contributed by atoms with E-state index in [0.29, 0.717) is 6.42 Å². The van der Waals surface area contributed by atoms with Crippen LogP contribution in [0.15, 0.2) is 30.3 Å². The van der Waals surface area contributed by atoms with Gasteiger partial charge in [0.15, 0.2) is 0 Å². The Bertz CT molecular complexity index is 416. The molecule has 0 spiro atoms. The van der Waals surface area contributed by atoms with Gasteiger partial charge in [0.25, 0.3) is 0 Å². The number of benzene rings is 1. The highest BCUT2D eigenvalue weighted by atomic mass is 31.2. The number of carbonyl (C=O) groups excluding carboxylic acids is 1. The van der Waals surface area contributed by atoms with E-state index in [1.807, 2.05) is 30.3 Å². The molecule has 1 atom stereocenters. The van der Waals surface area contributed by atoms with Gasteiger partial charge in [-0.05, 0) is 24.8 Å². The predicted octanol–water partition coefficient (Wildman–Crippen LogP) is 2.45. The molecule has 100 valence electrons. The van der Waals surface area contributed by atoms with E-state index in [0.717, 1.165) is 12.8 Å². The lowest BCUT2D eigenvalue weighted by Gasteiger charge is -2.09. The van der Waals surface area contributed by atoms with Crippen LogP contribution in [0.25, 0.3) is 0 Å². The molecule has 1 aromatic carbocycles. The highest BCUT2D eigenvalue weighted by Gasteiger charge is 2.22. The fraction of sp³-hybridized carbons (Fsp3) is 0.462. The van der Waals surface area contributed by atoms with Crippen LogP contribution in [-0.4, -0.2) is 30.3 Å². The third-order valence-electron chi connectivity index (χ3n) is 2.67. The average Bonchev–Trinajstić information content (AvgIpc) is 2.35. The summed E-state index contributed by atoms with van der Waals surface area (Å²) in [6, 6.07) is 9.98. The molecule has 0 amide bonds. The summed E-state index contributed by atoms with van der Waals surface area (Å²) in [4.78, 5) is 20.5. The summed E-state index contributed by atoms with van der Waals surface area (Å²) in [6.45, 7) is 0. The number of ether oxygens (including phenoxy) is 1. The minimum Gasteiger partial charge on any atom is -0.469 e. The molecule has 0 heterocycles. The molecule has 1 unspecified atom stereocenters. The van der Waals surface area contributed by atoms with Crippen molar-refractivity contribution in [1.82, 2.24) is 0 Å². The molecule has 5 heteroatoms. The summed E-state index contributed by atoms with van der Waals surface area (Å²) < 4.78 is 16.0. The molecular formula is C13H19O4P. The maximum Gasteiger partial charge on any atom is 0.315 e. The van der Waals surface area contributed by atoms with E-state index in [4.69, 9.17) is 0 Å². The van der Waals surface area contributed by atoms with Crippen LogP contribution in [0, 0.1) is 0 Å². The van der Waals surface area contributed by atoms with Crippen LogP contribution in [0.3, 0.4) is 0 Å². The van der Waals surface area contributed by atoms with Gasteiger partial charge in [-0.2, -0.15) is 0 Å². The lowest BCUT2D eigenvalue weighted by Crippen LogP contribution is -2.09. The van der Waals surface area contributed by atoms with Gasteiger partial charge in [0.05, 0.1) is 7.11 Å². The number of hydrogen-bond donors (Lipinski definition) is 1. The molecule has 4 nitrogen and oxygen atoms in total. The predicted molar refractivity (Wildman–Crippen MR) is 71.0 cm³/mol. The third kappa shape index (κ3) is 5.99. The second-order valence-electron chi connectivity index (χ2n) is 4.25. The van der Waals surface area contributed by atoms with Gasteiger partial charge in [-0.1, -0.05) is 30.3 Å². The van der Waals surface area contributed by atoms with Crippen molar-refractivity contribution in [3.8, 4) is 0 Å². The van der Waals surface area contributed by atoms with Crippen molar-refractivity contribution in [2.75, 3.05) is 19.4 Å². The van der Waals surface area contributed by atoms with Gasteiger partial charge in [-0.3, -0.25) is 9.36 Å². The van der Waals surface area contributed by atoms with Crippen molar-refractivity contribution >= 4 is 13.3 Å². The van der Waals surface area contributed by atoms with Crippen LogP contribution in [0.1, 0.15) is 18.4 Å². The van der Waals surface area contributed by atoms with E-state index in [1.54, 1.807) is 0 Å². The number of aryl methyl sites for hydroxylation is 1. The van der Waals surface area contributed by atoms with Crippen LogP contribution >= 0.6 is 7.37 Å². The Kier molecular flexibility index (Phi) is 6.10. The normalized spacial score (nSPS) is 13.9. The van der Waals surface area contributed by atoms with Crippen molar-refractivity contribution in [2.45, 2.75) is 19.3 Å². The van der Waals surface area contributed by atoms with Crippen LogP contribution in [0.5, 0.6) is 0 Å². The lowest BCUT2D eigenvalue weighted by molar-refractivity contribution is -0.137. The molecule has 0 saturated carbocycles. The fourth-order valence-corrected chi connectivity index (χ4v) is 3.09. The summed E-state index contributed by atoms with van der Waals surface area (Å²) in [7, 11) is -2.14. The summed E-state index contributed by atoms with van der Waals surface area (Å²) in [5, 5.41) is 0. The maximum absolute atomic E-state index is 11.6. The third-order valence-corrected chi connectivity index (χ3v) is 4.44. The van der Waals surface area contributed by atoms with Crippen molar-refractivity contribution in [1.29, 1.82) is 0 Å². The Morgan fingerprint density at radius 2 is 1.94 bits per heavy atom. The first kappa shape index (κ1) is 14.9. The topological polar surface area (TPSA) is 63.6 Å². The Hall–Kier alpha value is -1.12. The first-order valence-corrected chi connectivity index (χ1v) is 7.98. The zero-order valence-electron chi connectivity index (χ0n) is 10.5. The lowest BCUT2D eigenvalue weighted by atomic mass is 10.1. The van der Waals surface area contributed by atoms with Crippen molar-refractivity contribution in [2.24, 2.45) is 0 Å². The fourth-order valence-electron chi connectivity index (χ4n) is 1.68. The van der Waals surface area contributed by atoms with Crippen molar-refractivity contribution < 1.29 is 19.0 Å². The van der Waals surface area contributed by atoms with Gasteiger partial charge in [-0.15, -0.1) is 0 Å². The molecule has 1 N–H and O–H groups in total. The van der Waals surface area contributed by atoms with E-state index >= 15 is 0 Å². The maximum atomic E-state index is 11.6. The number of methoxy groups -OCH3 is 1. The highest BCUT2D eigenvalue weighted by molar-refractivity contribution is 7.58. The van der Waals surface area contributed by atoms with Crippen molar-refractivity contribution in [3.05, 3.63) is 35.9 Å².